The van der Waals surface area contributed by atoms with Crippen molar-refractivity contribution >= 4 is 49.7 Å². The van der Waals surface area contributed by atoms with Crippen LogP contribution >= 0.6 is 0 Å². The Morgan fingerprint density at radius 1 is 0.800 bits per heavy atom. The molecule has 0 fully saturated rings. The first-order chi connectivity index (χ1) is 2.64. The first-order valence-corrected chi connectivity index (χ1v) is 1.07. The molecule has 0 aliphatic carbocycles. The number of carbonyl (C=O) groups is 2. The van der Waals surface area contributed by atoms with Gasteiger partial charge in [0.15, 0.2) is 0 Å². The number of hydrogen-bond donors (Lipinski definition) is 0. The van der Waals surface area contributed by atoms with Gasteiger partial charge < -0.3 is 36.2 Å². The fourth-order valence-corrected chi connectivity index (χ4v) is 0. The van der Waals surface area contributed by atoms with E-state index in [-0.39, 0.29) is 54.2 Å². The van der Waals surface area contributed by atoms with Gasteiger partial charge in [0.05, 0.1) is 11.9 Å². The molecule has 0 radical (unpaired) electrons. The second-order valence-electron chi connectivity index (χ2n) is 0.575. The van der Waals surface area contributed by atoms with Crippen LogP contribution in [0.5, 0.6) is 0 Å². The van der Waals surface area contributed by atoms with Crippen molar-refractivity contribution in [3.63, 3.8) is 0 Å². The third kappa shape index (κ3) is 24.3. The van der Waals surface area contributed by atoms with Crippen LogP contribution in [0.4, 0.5) is 0 Å². The number of carboxylic acids is 2. The van der Waals surface area contributed by atoms with E-state index in [2.05, 4.69) is 0 Å². The van der Waals surface area contributed by atoms with Crippen molar-refractivity contribution < 1.29 is 36.2 Å². The van der Waals surface area contributed by atoms with Gasteiger partial charge in [-0.3, -0.25) is 0 Å². The molecule has 0 aliphatic rings. The first kappa shape index (κ1) is 32.2. The molecule has 0 bridgehead atoms. The first-order valence-electron chi connectivity index (χ1n) is 1.07. The van der Waals surface area contributed by atoms with Crippen molar-refractivity contribution in [1.29, 1.82) is 0 Å². The molecule has 0 aromatic rings. The average molecular weight is 182 g/mol. The van der Waals surface area contributed by atoms with E-state index in [0.717, 1.165) is 0 Å². The molecule has 0 rings (SSSR count). The smallest absolute Gasteiger partial charge is 0.543 e. The third-order valence-electron chi connectivity index (χ3n) is 0.167. The molecule has 0 amide bonds. The largest absolute Gasteiger partial charge is 2.00 e. The summed E-state index contributed by atoms with van der Waals surface area (Å²) in [5, 5.41) is 17.9. The zero-order valence-electron chi connectivity index (χ0n) is 4.84. The summed E-state index contributed by atoms with van der Waals surface area (Å²) in [6.07, 6.45) is 0. The number of rotatable bonds is 0. The maximum atomic E-state index is 8.93. The third-order valence-corrected chi connectivity index (χ3v) is 0.167. The summed E-state index contributed by atoms with van der Waals surface area (Å²) in [5.41, 5.74) is 0. The van der Waals surface area contributed by atoms with Gasteiger partial charge in [0, 0.05) is 0 Å². The van der Waals surface area contributed by atoms with Crippen LogP contribution in [-0.2, 0) is 9.59 Å². The summed E-state index contributed by atoms with van der Waals surface area (Å²) in [7, 11) is 0. The predicted octanol–water partition coefficient (Wildman–Crippen LogP) is -6.37. The maximum absolute atomic E-state index is 8.93. The number of aliphatic carboxylic acids is 2. The molecule has 0 aromatic carbocycles. The molecule has 58 valence electrons. The van der Waals surface area contributed by atoms with E-state index in [1.165, 1.54) is 0 Å². The second-order valence-corrected chi connectivity index (χ2v) is 0.575. The minimum atomic E-state index is -2.19. The van der Waals surface area contributed by atoms with Crippen LogP contribution in [0.2, 0.25) is 0 Å². The van der Waals surface area contributed by atoms with E-state index in [1.807, 2.05) is 0 Å². The van der Waals surface area contributed by atoms with Gasteiger partial charge >= 0.3 is 37.7 Å². The van der Waals surface area contributed by atoms with Crippen LogP contribution in [0.15, 0.2) is 0 Å². The zero-order chi connectivity index (χ0) is 5.15. The Bertz CT molecular complexity index is 77.6. The minimum absolute atomic E-state index is 0. The van der Waals surface area contributed by atoms with E-state index in [9.17, 15) is 0 Å². The molecular formula is C2H6CaO7. The topological polar surface area (TPSA) is 175 Å². The summed E-state index contributed by atoms with van der Waals surface area (Å²) < 4.78 is 0. The molecule has 0 heterocycles. The van der Waals surface area contributed by atoms with Crippen molar-refractivity contribution in [1.82, 2.24) is 0 Å². The predicted molar refractivity (Wildman–Crippen MR) is 26.6 cm³/mol. The van der Waals surface area contributed by atoms with E-state index in [4.69, 9.17) is 19.8 Å². The Hall–Kier alpha value is 0.0797. The molecule has 7 nitrogen and oxygen atoms in total. The Balaban J connectivity index is -0.0000000208. The van der Waals surface area contributed by atoms with E-state index in [0.29, 0.717) is 0 Å². The van der Waals surface area contributed by atoms with Crippen molar-refractivity contribution in [2.45, 2.75) is 0 Å². The molecule has 0 aromatic heterocycles. The summed E-state index contributed by atoms with van der Waals surface area (Å²) in [4.78, 5) is 17.9. The molecule has 0 saturated carbocycles. The van der Waals surface area contributed by atoms with Gasteiger partial charge in [0.1, 0.15) is 0 Å². The zero-order valence-corrected chi connectivity index (χ0v) is 7.05. The van der Waals surface area contributed by atoms with Crippen molar-refractivity contribution in [3.8, 4) is 0 Å². The van der Waals surface area contributed by atoms with Crippen LogP contribution in [0.1, 0.15) is 0 Å². The van der Waals surface area contributed by atoms with Gasteiger partial charge in [0.2, 0.25) is 0 Å². The fourth-order valence-electron chi connectivity index (χ4n) is 0. The standard InChI is InChI=1S/C2H2O4.Ca.3H2O/c3-1(4)2(5)6;;;;/h(H,3,4)(H,5,6);;3*1H2/q;+2;;;/p-2. The summed E-state index contributed by atoms with van der Waals surface area (Å²) >= 11 is 0. The van der Waals surface area contributed by atoms with Gasteiger partial charge in [-0.05, 0) is 0 Å². The number of hydrogen-bond acceptors (Lipinski definition) is 4. The summed E-state index contributed by atoms with van der Waals surface area (Å²) in [5.74, 6) is -4.37. The summed E-state index contributed by atoms with van der Waals surface area (Å²) in [6.45, 7) is 0. The summed E-state index contributed by atoms with van der Waals surface area (Å²) in [6, 6.07) is 0. The molecule has 6 N–H and O–H groups in total. The Morgan fingerprint density at radius 3 is 0.900 bits per heavy atom. The van der Waals surface area contributed by atoms with Gasteiger partial charge in [-0.25, -0.2) is 0 Å². The SMILES string of the molecule is O.O.O.O=C([O-])C(=O)[O-].[Ca+2]. The molecule has 0 unspecified atom stereocenters. The normalized spacial score (nSPS) is 4.40. The van der Waals surface area contributed by atoms with Crippen LogP contribution in [-0.4, -0.2) is 66.1 Å². The quantitative estimate of drug-likeness (QED) is 0.267. The average Bonchev–Trinajstić information content (AvgIpc) is 1.36. The molecule has 0 saturated heterocycles. The molecule has 8 heteroatoms. The Morgan fingerprint density at radius 2 is 0.900 bits per heavy atom. The van der Waals surface area contributed by atoms with Gasteiger partial charge in [0.25, 0.3) is 0 Å². The van der Waals surface area contributed by atoms with Gasteiger partial charge in [-0.15, -0.1) is 0 Å². The van der Waals surface area contributed by atoms with Crippen LogP contribution in [0.3, 0.4) is 0 Å². The van der Waals surface area contributed by atoms with Crippen LogP contribution in [0, 0.1) is 0 Å². The van der Waals surface area contributed by atoms with Crippen molar-refractivity contribution in [2.75, 3.05) is 0 Å². The second kappa shape index (κ2) is 16.0. The maximum Gasteiger partial charge on any atom is 2.00 e. The number of carboxylic acid groups (broad SMARTS) is 2. The monoisotopic (exact) mass is 182 g/mol. The minimum Gasteiger partial charge on any atom is -0.543 e. The van der Waals surface area contributed by atoms with E-state index < -0.39 is 11.9 Å². The fraction of sp³-hybridized carbons (Fsp3) is 0. The van der Waals surface area contributed by atoms with Crippen LogP contribution < -0.4 is 10.2 Å². The molecule has 10 heavy (non-hydrogen) atoms. The molecular weight excluding hydrogens is 176 g/mol. The molecule has 0 spiro atoms. The van der Waals surface area contributed by atoms with Crippen molar-refractivity contribution in [2.24, 2.45) is 0 Å². The molecule has 0 aliphatic heterocycles. The van der Waals surface area contributed by atoms with Gasteiger partial charge in [-0.2, -0.15) is 0 Å². The van der Waals surface area contributed by atoms with Crippen molar-refractivity contribution in [3.05, 3.63) is 0 Å². The van der Waals surface area contributed by atoms with Crippen LogP contribution in [0.25, 0.3) is 0 Å². The van der Waals surface area contributed by atoms with E-state index >= 15 is 0 Å². The number of carbonyl (C=O) groups excluding carboxylic acids is 2. The Kier molecular flexibility index (Phi) is 51.6. The van der Waals surface area contributed by atoms with E-state index in [1.54, 1.807) is 0 Å². The molecule has 0 atom stereocenters. The Labute approximate surface area is 85.6 Å². The van der Waals surface area contributed by atoms with Gasteiger partial charge in [-0.1, -0.05) is 0 Å².